The normalized spacial score (nSPS) is 11.1. The number of rotatable bonds is 14. The van der Waals surface area contributed by atoms with Crippen molar-refractivity contribution in [2.75, 3.05) is 0 Å². The Labute approximate surface area is 126 Å². The van der Waals surface area contributed by atoms with Crippen LogP contribution in [0, 0.1) is 0 Å². The van der Waals surface area contributed by atoms with Crippen molar-refractivity contribution >= 4 is 5.97 Å². The van der Waals surface area contributed by atoms with Crippen LogP contribution in [0.2, 0.25) is 0 Å². The maximum Gasteiger partial charge on any atom is 0.310 e. The first-order valence-corrected chi connectivity index (χ1v) is 8.65. The highest BCUT2D eigenvalue weighted by atomic mass is 16.5. The first kappa shape index (κ1) is 19.2. The summed E-state index contributed by atoms with van der Waals surface area (Å²) in [6.45, 7) is 4.28. The van der Waals surface area contributed by atoms with E-state index in [1.165, 1.54) is 64.0 Å². The Morgan fingerprint density at radius 3 is 1.80 bits per heavy atom. The molecule has 118 valence electrons. The fourth-order valence-electron chi connectivity index (χ4n) is 2.21. The summed E-state index contributed by atoms with van der Waals surface area (Å²) in [4.78, 5) is 11.3. The highest BCUT2D eigenvalue weighted by molar-refractivity contribution is 5.69. The van der Waals surface area contributed by atoms with Crippen molar-refractivity contribution in [1.82, 2.24) is 0 Å². The van der Waals surface area contributed by atoms with Crippen molar-refractivity contribution in [3.63, 3.8) is 0 Å². The molecule has 0 aromatic rings. The molecule has 0 aliphatic heterocycles. The molecule has 0 amide bonds. The first-order chi connectivity index (χ1) is 9.81. The predicted molar refractivity (Wildman–Crippen MR) is 86.6 cm³/mol. The monoisotopic (exact) mass is 282 g/mol. The van der Waals surface area contributed by atoms with Crippen LogP contribution in [0.1, 0.15) is 97.3 Å². The van der Waals surface area contributed by atoms with E-state index >= 15 is 0 Å². The van der Waals surface area contributed by atoms with E-state index in [1.807, 2.05) is 13.0 Å². The van der Waals surface area contributed by atoms with Crippen LogP contribution in [0.15, 0.2) is 12.3 Å². The molecule has 20 heavy (non-hydrogen) atoms. The van der Waals surface area contributed by atoms with Crippen LogP contribution in [-0.4, -0.2) is 5.97 Å². The average Bonchev–Trinajstić information content (AvgIpc) is 2.45. The van der Waals surface area contributed by atoms with Gasteiger partial charge in [0.1, 0.15) is 0 Å². The molecule has 0 radical (unpaired) electrons. The molecule has 2 nitrogen and oxygen atoms in total. The molecule has 0 atom stereocenters. The zero-order chi connectivity index (χ0) is 14.9. The van der Waals surface area contributed by atoms with Crippen LogP contribution in [0.4, 0.5) is 0 Å². The lowest BCUT2D eigenvalue weighted by Gasteiger charge is -2.02. The molecular weight excluding hydrogens is 248 g/mol. The van der Waals surface area contributed by atoms with Crippen molar-refractivity contribution in [2.45, 2.75) is 97.3 Å². The van der Waals surface area contributed by atoms with Crippen LogP contribution in [0.25, 0.3) is 0 Å². The van der Waals surface area contributed by atoms with E-state index in [-0.39, 0.29) is 5.97 Å². The van der Waals surface area contributed by atoms with Gasteiger partial charge < -0.3 is 4.74 Å². The standard InChI is InChI=1S/C18H34O2/c1-3-5-7-8-9-10-11-12-13-14-15-16-18(19)20-17-6-4-2/h6,17H,3-5,7-16H2,1-2H3. The summed E-state index contributed by atoms with van der Waals surface area (Å²) in [5, 5.41) is 0. The minimum Gasteiger partial charge on any atom is -0.435 e. The molecule has 0 aromatic heterocycles. The molecule has 0 unspecified atom stereocenters. The Hall–Kier alpha value is -0.790. The second-order valence-electron chi connectivity index (χ2n) is 5.56. The smallest absolute Gasteiger partial charge is 0.310 e. The van der Waals surface area contributed by atoms with Gasteiger partial charge in [0.25, 0.3) is 0 Å². The molecular formula is C18H34O2. The van der Waals surface area contributed by atoms with Gasteiger partial charge in [0.2, 0.25) is 0 Å². The summed E-state index contributed by atoms with van der Waals surface area (Å²) in [7, 11) is 0. The Morgan fingerprint density at radius 2 is 1.30 bits per heavy atom. The fourth-order valence-corrected chi connectivity index (χ4v) is 2.21. The van der Waals surface area contributed by atoms with Crippen molar-refractivity contribution < 1.29 is 9.53 Å². The molecule has 0 heterocycles. The third-order valence-electron chi connectivity index (χ3n) is 3.52. The van der Waals surface area contributed by atoms with Gasteiger partial charge >= 0.3 is 5.97 Å². The largest absolute Gasteiger partial charge is 0.435 e. The minimum absolute atomic E-state index is 0.0920. The van der Waals surface area contributed by atoms with E-state index in [2.05, 4.69) is 6.92 Å². The summed E-state index contributed by atoms with van der Waals surface area (Å²) in [5.41, 5.74) is 0. The number of allylic oxidation sites excluding steroid dienone is 1. The van der Waals surface area contributed by atoms with Crippen molar-refractivity contribution in [3.05, 3.63) is 12.3 Å². The van der Waals surface area contributed by atoms with Gasteiger partial charge in [0, 0.05) is 6.42 Å². The molecule has 0 fully saturated rings. The molecule has 0 saturated heterocycles. The highest BCUT2D eigenvalue weighted by Gasteiger charge is 2.00. The Kier molecular flexibility index (Phi) is 15.6. The zero-order valence-electron chi connectivity index (χ0n) is 13.7. The number of ether oxygens (including phenoxy) is 1. The molecule has 2 heteroatoms. The minimum atomic E-state index is -0.0920. The predicted octanol–water partition coefficient (Wildman–Crippen LogP) is 6.15. The van der Waals surface area contributed by atoms with Crippen LogP contribution in [-0.2, 0) is 9.53 Å². The van der Waals surface area contributed by atoms with Crippen LogP contribution < -0.4 is 0 Å². The molecule has 0 rings (SSSR count). The fraction of sp³-hybridized carbons (Fsp3) is 0.833. The third kappa shape index (κ3) is 15.3. The van der Waals surface area contributed by atoms with Crippen molar-refractivity contribution in [1.29, 1.82) is 0 Å². The number of unbranched alkanes of at least 4 members (excludes halogenated alkanes) is 10. The highest BCUT2D eigenvalue weighted by Crippen LogP contribution is 2.12. The zero-order valence-corrected chi connectivity index (χ0v) is 13.7. The van der Waals surface area contributed by atoms with E-state index in [0.29, 0.717) is 6.42 Å². The van der Waals surface area contributed by atoms with Crippen LogP contribution in [0.5, 0.6) is 0 Å². The summed E-state index contributed by atoms with van der Waals surface area (Å²) in [6, 6.07) is 0. The summed E-state index contributed by atoms with van der Waals surface area (Å²) in [5.74, 6) is -0.0920. The second kappa shape index (κ2) is 16.3. The van der Waals surface area contributed by atoms with Gasteiger partial charge in [-0.2, -0.15) is 0 Å². The van der Waals surface area contributed by atoms with E-state index in [0.717, 1.165) is 19.3 Å². The Balaban J connectivity index is 3.12. The summed E-state index contributed by atoms with van der Waals surface area (Å²) >= 11 is 0. The summed E-state index contributed by atoms with van der Waals surface area (Å²) < 4.78 is 4.95. The number of hydrogen-bond acceptors (Lipinski definition) is 2. The van der Waals surface area contributed by atoms with E-state index in [4.69, 9.17) is 4.74 Å². The Morgan fingerprint density at radius 1 is 0.800 bits per heavy atom. The van der Waals surface area contributed by atoms with Gasteiger partial charge in [-0.25, -0.2) is 0 Å². The number of hydrogen-bond donors (Lipinski definition) is 0. The van der Waals surface area contributed by atoms with Gasteiger partial charge in [0.15, 0.2) is 0 Å². The van der Waals surface area contributed by atoms with Gasteiger partial charge in [0.05, 0.1) is 6.26 Å². The lowest BCUT2D eigenvalue weighted by atomic mass is 10.1. The summed E-state index contributed by atoms with van der Waals surface area (Å²) in [6.07, 6.45) is 19.2. The molecule has 0 aliphatic rings. The lowest BCUT2D eigenvalue weighted by molar-refractivity contribution is -0.138. The molecule has 0 aromatic carbocycles. The molecule has 0 spiro atoms. The molecule has 0 aliphatic carbocycles. The van der Waals surface area contributed by atoms with E-state index in [9.17, 15) is 4.79 Å². The van der Waals surface area contributed by atoms with Gasteiger partial charge in [-0.1, -0.05) is 78.1 Å². The SMILES string of the molecule is CCC=COC(=O)CCCCCCCCCCCCC. The molecule has 0 N–H and O–H groups in total. The number of carbonyl (C=O) groups is 1. The quantitative estimate of drug-likeness (QED) is 0.217. The maximum atomic E-state index is 11.3. The maximum absolute atomic E-state index is 11.3. The van der Waals surface area contributed by atoms with Gasteiger partial charge in [-0.15, -0.1) is 0 Å². The third-order valence-corrected chi connectivity index (χ3v) is 3.52. The number of esters is 1. The Bertz CT molecular complexity index is 234. The lowest BCUT2D eigenvalue weighted by Crippen LogP contribution is -1.98. The van der Waals surface area contributed by atoms with Crippen LogP contribution >= 0.6 is 0 Å². The van der Waals surface area contributed by atoms with E-state index < -0.39 is 0 Å². The van der Waals surface area contributed by atoms with E-state index in [1.54, 1.807) is 0 Å². The second-order valence-corrected chi connectivity index (χ2v) is 5.56. The van der Waals surface area contributed by atoms with Gasteiger partial charge in [-0.3, -0.25) is 4.79 Å². The van der Waals surface area contributed by atoms with Gasteiger partial charge in [-0.05, 0) is 18.9 Å². The van der Waals surface area contributed by atoms with Crippen molar-refractivity contribution in [3.8, 4) is 0 Å². The number of carbonyl (C=O) groups excluding carboxylic acids is 1. The average molecular weight is 282 g/mol. The van der Waals surface area contributed by atoms with Crippen molar-refractivity contribution in [2.24, 2.45) is 0 Å². The van der Waals surface area contributed by atoms with Crippen LogP contribution in [0.3, 0.4) is 0 Å². The molecule has 0 bridgehead atoms. The molecule has 0 saturated carbocycles. The first-order valence-electron chi connectivity index (χ1n) is 8.65. The topological polar surface area (TPSA) is 26.3 Å².